The molecule has 1 atom stereocenters. The van der Waals surface area contributed by atoms with E-state index in [1.807, 2.05) is 6.07 Å². The average molecular weight is 209 g/mol. The van der Waals surface area contributed by atoms with Gasteiger partial charge in [0.15, 0.2) is 0 Å². The number of methoxy groups -OCH3 is 2. The van der Waals surface area contributed by atoms with Crippen LogP contribution in [0.3, 0.4) is 0 Å². The van der Waals surface area contributed by atoms with Crippen LogP contribution in [0.5, 0.6) is 11.5 Å². The zero-order chi connectivity index (χ0) is 11.3. The van der Waals surface area contributed by atoms with Crippen LogP contribution in [-0.4, -0.2) is 27.6 Å². The molecule has 1 aromatic carbocycles. The summed E-state index contributed by atoms with van der Waals surface area (Å²) >= 11 is 0. The lowest BCUT2D eigenvalue weighted by atomic mass is 10.1. The van der Waals surface area contributed by atoms with Crippen LogP contribution in [-0.2, 0) is 4.79 Å². The lowest BCUT2D eigenvalue weighted by molar-refractivity contribution is -0.109. The van der Waals surface area contributed by atoms with Crippen LogP contribution in [0.4, 0.5) is 0 Å². The number of hydrogen-bond acceptors (Lipinski definition) is 4. The molecule has 0 aliphatic rings. The number of ether oxygens (including phenoxy) is 2. The summed E-state index contributed by atoms with van der Waals surface area (Å²) in [6, 6.07) is 5.01. The molecule has 4 nitrogen and oxygen atoms in total. The van der Waals surface area contributed by atoms with E-state index in [0.717, 1.165) is 11.8 Å². The topological polar surface area (TPSA) is 47.6 Å². The molecule has 0 radical (unpaired) electrons. The van der Waals surface area contributed by atoms with Crippen molar-refractivity contribution < 1.29 is 14.3 Å². The fourth-order valence-corrected chi connectivity index (χ4v) is 1.37. The summed E-state index contributed by atoms with van der Waals surface area (Å²) in [5.41, 5.74) is 0.802. The number of hydrogen-bond donors (Lipinski definition) is 1. The highest BCUT2D eigenvalue weighted by molar-refractivity contribution is 5.64. The summed E-state index contributed by atoms with van der Waals surface area (Å²) in [6.45, 7) is 0. The first kappa shape index (κ1) is 11.5. The number of carbonyl (C=O) groups is 1. The van der Waals surface area contributed by atoms with E-state index >= 15 is 0 Å². The van der Waals surface area contributed by atoms with Gasteiger partial charge in [-0.15, -0.1) is 0 Å². The third kappa shape index (κ3) is 2.47. The van der Waals surface area contributed by atoms with Gasteiger partial charge in [-0.2, -0.15) is 0 Å². The minimum absolute atomic E-state index is 0.356. The average Bonchev–Trinajstić information content (AvgIpc) is 2.31. The normalized spacial score (nSPS) is 11.9. The summed E-state index contributed by atoms with van der Waals surface area (Å²) in [4.78, 5) is 10.8. The predicted octanol–water partition coefficient (Wildman–Crippen LogP) is 1.16. The zero-order valence-corrected chi connectivity index (χ0v) is 9.11. The molecule has 1 rings (SSSR count). The van der Waals surface area contributed by atoms with Crippen molar-refractivity contribution in [2.75, 3.05) is 21.3 Å². The van der Waals surface area contributed by atoms with Crippen molar-refractivity contribution in [1.29, 1.82) is 0 Å². The molecule has 1 N–H and O–H groups in total. The standard InChI is InChI=1S/C11H15NO3/c1-12-10(7-13)9-5-4-8(14-2)6-11(9)15-3/h4-7,10,12H,1-3H3. The van der Waals surface area contributed by atoms with E-state index in [1.54, 1.807) is 33.4 Å². The third-order valence-corrected chi connectivity index (χ3v) is 2.22. The molecule has 0 saturated heterocycles. The highest BCUT2D eigenvalue weighted by Crippen LogP contribution is 2.28. The van der Waals surface area contributed by atoms with Crippen LogP contribution in [0.1, 0.15) is 11.6 Å². The third-order valence-electron chi connectivity index (χ3n) is 2.22. The molecule has 0 aromatic heterocycles. The fourth-order valence-electron chi connectivity index (χ4n) is 1.37. The Hall–Kier alpha value is -1.55. The van der Waals surface area contributed by atoms with Crippen molar-refractivity contribution in [1.82, 2.24) is 5.32 Å². The van der Waals surface area contributed by atoms with Gasteiger partial charge in [0.2, 0.25) is 0 Å². The second kappa shape index (κ2) is 5.36. The first-order chi connectivity index (χ1) is 7.26. The monoisotopic (exact) mass is 209 g/mol. The number of carbonyl (C=O) groups excluding carboxylic acids is 1. The molecule has 1 unspecified atom stereocenters. The van der Waals surface area contributed by atoms with Gasteiger partial charge in [0.05, 0.1) is 20.3 Å². The predicted molar refractivity (Wildman–Crippen MR) is 57.4 cm³/mol. The highest BCUT2D eigenvalue weighted by atomic mass is 16.5. The number of benzene rings is 1. The first-order valence-electron chi connectivity index (χ1n) is 4.61. The Balaban J connectivity index is 3.11. The Morgan fingerprint density at radius 2 is 2.07 bits per heavy atom. The van der Waals surface area contributed by atoms with Crippen LogP contribution in [0.15, 0.2) is 18.2 Å². The van der Waals surface area contributed by atoms with Gasteiger partial charge in [-0.3, -0.25) is 0 Å². The Bertz CT molecular complexity index is 339. The molecule has 0 bridgehead atoms. The highest BCUT2D eigenvalue weighted by Gasteiger charge is 2.13. The molecule has 0 saturated carbocycles. The Morgan fingerprint density at radius 3 is 2.53 bits per heavy atom. The van der Waals surface area contributed by atoms with E-state index in [1.165, 1.54) is 0 Å². The van der Waals surface area contributed by atoms with Crippen molar-refractivity contribution in [3.63, 3.8) is 0 Å². The molecular weight excluding hydrogens is 194 g/mol. The van der Waals surface area contributed by atoms with Gasteiger partial charge in [0.1, 0.15) is 17.8 Å². The summed E-state index contributed by atoms with van der Waals surface area (Å²) in [6.07, 6.45) is 0.838. The number of likely N-dealkylation sites (N-methyl/N-ethyl adjacent to an activating group) is 1. The van der Waals surface area contributed by atoms with E-state index in [4.69, 9.17) is 9.47 Å². The van der Waals surface area contributed by atoms with Crippen molar-refractivity contribution >= 4 is 6.29 Å². The molecule has 0 aliphatic heterocycles. The van der Waals surface area contributed by atoms with Crippen LogP contribution < -0.4 is 14.8 Å². The molecule has 1 aromatic rings. The smallest absolute Gasteiger partial charge is 0.141 e. The van der Waals surface area contributed by atoms with Gasteiger partial charge in [0.25, 0.3) is 0 Å². The number of rotatable bonds is 5. The maximum atomic E-state index is 10.8. The molecule has 0 aliphatic carbocycles. The van der Waals surface area contributed by atoms with Crippen molar-refractivity contribution in [3.8, 4) is 11.5 Å². The van der Waals surface area contributed by atoms with Crippen LogP contribution in [0.2, 0.25) is 0 Å². The summed E-state index contributed by atoms with van der Waals surface area (Å²) in [7, 11) is 4.88. The SMILES string of the molecule is CNC(C=O)c1ccc(OC)cc1OC. The Kier molecular flexibility index (Phi) is 4.12. The van der Waals surface area contributed by atoms with Crippen LogP contribution in [0, 0.1) is 0 Å². The number of aldehydes is 1. The van der Waals surface area contributed by atoms with Gasteiger partial charge < -0.3 is 19.6 Å². The Labute approximate surface area is 89.2 Å². The molecule has 0 amide bonds. The summed E-state index contributed by atoms with van der Waals surface area (Å²) in [5, 5.41) is 2.89. The summed E-state index contributed by atoms with van der Waals surface area (Å²) < 4.78 is 10.3. The quantitative estimate of drug-likeness (QED) is 0.739. The van der Waals surface area contributed by atoms with Gasteiger partial charge in [0, 0.05) is 11.6 Å². The zero-order valence-electron chi connectivity index (χ0n) is 9.11. The van der Waals surface area contributed by atoms with E-state index in [0.29, 0.717) is 11.5 Å². The second-order valence-electron chi connectivity index (χ2n) is 3.01. The largest absolute Gasteiger partial charge is 0.497 e. The van der Waals surface area contributed by atoms with Gasteiger partial charge in [-0.1, -0.05) is 0 Å². The summed E-state index contributed by atoms with van der Waals surface area (Å²) in [5.74, 6) is 1.34. The molecule has 0 spiro atoms. The van der Waals surface area contributed by atoms with Crippen LogP contribution >= 0.6 is 0 Å². The maximum Gasteiger partial charge on any atom is 0.141 e. The van der Waals surface area contributed by atoms with Crippen LogP contribution in [0.25, 0.3) is 0 Å². The number of nitrogens with one attached hydrogen (secondary N) is 1. The lowest BCUT2D eigenvalue weighted by Gasteiger charge is -2.14. The molecule has 82 valence electrons. The van der Waals surface area contributed by atoms with E-state index in [2.05, 4.69) is 5.32 Å². The van der Waals surface area contributed by atoms with Gasteiger partial charge in [-0.25, -0.2) is 0 Å². The molecule has 4 heteroatoms. The lowest BCUT2D eigenvalue weighted by Crippen LogP contribution is -2.18. The molecule has 0 fully saturated rings. The van der Waals surface area contributed by atoms with E-state index in [-0.39, 0.29) is 6.04 Å². The van der Waals surface area contributed by atoms with Crippen molar-refractivity contribution in [3.05, 3.63) is 23.8 Å². The van der Waals surface area contributed by atoms with Gasteiger partial charge >= 0.3 is 0 Å². The molecule has 15 heavy (non-hydrogen) atoms. The van der Waals surface area contributed by atoms with E-state index < -0.39 is 0 Å². The fraction of sp³-hybridized carbons (Fsp3) is 0.364. The minimum Gasteiger partial charge on any atom is -0.497 e. The molecular formula is C11H15NO3. The first-order valence-corrected chi connectivity index (χ1v) is 4.61. The maximum absolute atomic E-state index is 10.8. The minimum atomic E-state index is -0.356. The molecule has 0 heterocycles. The van der Waals surface area contributed by atoms with Crippen molar-refractivity contribution in [2.45, 2.75) is 6.04 Å². The second-order valence-corrected chi connectivity index (χ2v) is 3.01. The Morgan fingerprint density at radius 1 is 1.33 bits per heavy atom. The van der Waals surface area contributed by atoms with Crippen molar-refractivity contribution in [2.24, 2.45) is 0 Å². The van der Waals surface area contributed by atoms with E-state index in [9.17, 15) is 4.79 Å². The van der Waals surface area contributed by atoms with Gasteiger partial charge in [-0.05, 0) is 19.2 Å².